The zero-order chi connectivity index (χ0) is 9.30. The van der Waals surface area contributed by atoms with Crippen molar-refractivity contribution in [2.24, 2.45) is 0 Å². The van der Waals surface area contributed by atoms with Gasteiger partial charge in [-0.25, -0.2) is 4.79 Å². The summed E-state index contributed by atoms with van der Waals surface area (Å²) in [5.74, 6) is -1.10. The Bertz CT molecular complexity index is 340. The maximum Gasteiger partial charge on any atom is 0.339 e. The van der Waals surface area contributed by atoms with E-state index in [1.54, 1.807) is 6.07 Å². The molecule has 0 spiro atoms. The van der Waals surface area contributed by atoms with E-state index in [-0.39, 0.29) is 16.3 Å². The first-order valence-corrected chi connectivity index (χ1v) is 4.18. The molecule has 1 rings (SSSR count). The SMILES string of the molecule is Nc1c(Cl)ccc(Br)c1C(=O)O. The zero-order valence-corrected chi connectivity index (χ0v) is 8.19. The lowest BCUT2D eigenvalue weighted by Gasteiger charge is -2.04. The molecule has 0 unspecified atom stereocenters. The molecular weight excluding hydrogens is 245 g/mol. The lowest BCUT2D eigenvalue weighted by atomic mass is 10.2. The molecule has 1 aromatic carbocycles. The van der Waals surface area contributed by atoms with Gasteiger partial charge in [-0.05, 0) is 28.1 Å². The third-order valence-corrected chi connectivity index (χ3v) is 2.35. The van der Waals surface area contributed by atoms with Crippen LogP contribution in [0.25, 0.3) is 0 Å². The van der Waals surface area contributed by atoms with Gasteiger partial charge in [0.1, 0.15) is 0 Å². The van der Waals surface area contributed by atoms with Crippen molar-refractivity contribution in [3.8, 4) is 0 Å². The second-order valence-electron chi connectivity index (χ2n) is 2.12. The topological polar surface area (TPSA) is 63.3 Å². The van der Waals surface area contributed by atoms with Crippen molar-refractivity contribution < 1.29 is 9.90 Å². The van der Waals surface area contributed by atoms with Crippen molar-refractivity contribution in [2.75, 3.05) is 5.73 Å². The molecule has 0 aromatic heterocycles. The highest BCUT2D eigenvalue weighted by Gasteiger charge is 2.14. The molecule has 0 bridgehead atoms. The Morgan fingerprint density at radius 3 is 2.58 bits per heavy atom. The number of rotatable bonds is 1. The number of carboxylic acids is 1. The summed E-state index contributed by atoms with van der Waals surface area (Å²) in [6, 6.07) is 3.08. The van der Waals surface area contributed by atoms with Crippen molar-refractivity contribution in [3.05, 3.63) is 27.2 Å². The molecule has 0 saturated carbocycles. The number of benzene rings is 1. The van der Waals surface area contributed by atoms with Gasteiger partial charge in [0.15, 0.2) is 0 Å². The number of carboxylic acid groups (broad SMARTS) is 1. The summed E-state index contributed by atoms with van der Waals surface area (Å²) in [5.41, 5.74) is 5.53. The van der Waals surface area contributed by atoms with Crippen LogP contribution in [0.5, 0.6) is 0 Å². The van der Waals surface area contributed by atoms with Crippen LogP contribution in [-0.4, -0.2) is 11.1 Å². The first-order chi connectivity index (χ1) is 5.54. The van der Waals surface area contributed by atoms with Crippen molar-refractivity contribution in [3.63, 3.8) is 0 Å². The van der Waals surface area contributed by atoms with E-state index >= 15 is 0 Å². The smallest absolute Gasteiger partial charge is 0.339 e. The molecule has 0 radical (unpaired) electrons. The average molecular weight is 250 g/mol. The molecule has 0 aliphatic carbocycles. The van der Waals surface area contributed by atoms with Crippen LogP contribution in [0.2, 0.25) is 5.02 Å². The Labute approximate surface area is 82.3 Å². The third-order valence-electron chi connectivity index (χ3n) is 1.36. The van der Waals surface area contributed by atoms with Crippen LogP contribution in [-0.2, 0) is 0 Å². The highest BCUT2D eigenvalue weighted by molar-refractivity contribution is 9.10. The van der Waals surface area contributed by atoms with Gasteiger partial charge in [0.05, 0.1) is 16.3 Å². The van der Waals surface area contributed by atoms with Gasteiger partial charge in [0.25, 0.3) is 0 Å². The monoisotopic (exact) mass is 249 g/mol. The number of aromatic carboxylic acids is 1. The van der Waals surface area contributed by atoms with Crippen LogP contribution in [0.15, 0.2) is 16.6 Å². The number of nitrogen functional groups attached to an aromatic ring is 1. The van der Waals surface area contributed by atoms with E-state index in [4.69, 9.17) is 22.4 Å². The van der Waals surface area contributed by atoms with Crippen molar-refractivity contribution in [1.29, 1.82) is 0 Å². The summed E-state index contributed by atoms with van der Waals surface area (Å²) in [6.45, 7) is 0. The molecule has 0 saturated heterocycles. The fourth-order valence-electron chi connectivity index (χ4n) is 0.785. The lowest BCUT2D eigenvalue weighted by Crippen LogP contribution is -2.03. The molecule has 5 heteroatoms. The lowest BCUT2D eigenvalue weighted by molar-refractivity contribution is 0.0697. The Hall–Kier alpha value is -0.740. The second kappa shape index (κ2) is 3.33. The highest BCUT2D eigenvalue weighted by Crippen LogP contribution is 2.29. The van der Waals surface area contributed by atoms with Crippen molar-refractivity contribution in [2.45, 2.75) is 0 Å². The summed E-state index contributed by atoms with van der Waals surface area (Å²) < 4.78 is 0.428. The normalized spacial score (nSPS) is 9.83. The quantitative estimate of drug-likeness (QED) is 0.752. The standard InChI is InChI=1S/C7H5BrClNO2/c8-3-1-2-4(9)6(10)5(3)7(11)12/h1-2H,10H2,(H,11,12). The summed E-state index contributed by atoms with van der Waals surface area (Å²) in [6.07, 6.45) is 0. The van der Waals surface area contributed by atoms with Gasteiger partial charge in [-0.2, -0.15) is 0 Å². The molecule has 12 heavy (non-hydrogen) atoms. The van der Waals surface area contributed by atoms with Crippen molar-refractivity contribution >= 4 is 39.2 Å². The molecule has 3 nitrogen and oxygen atoms in total. The Morgan fingerprint density at radius 2 is 2.17 bits per heavy atom. The van der Waals surface area contributed by atoms with E-state index in [2.05, 4.69) is 15.9 Å². The number of anilines is 1. The minimum atomic E-state index is -1.10. The van der Waals surface area contributed by atoms with Gasteiger partial charge in [-0.3, -0.25) is 0 Å². The molecule has 64 valence electrons. The van der Waals surface area contributed by atoms with Crippen LogP contribution in [0, 0.1) is 0 Å². The Kier molecular flexibility index (Phi) is 2.59. The van der Waals surface area contributed by atoms with E-state index in [1.165, 1.54) is 6.07 Å². The van der Waals surface area contributed by atoms with Crippen LogP contribution in [0.1, 0.15) is 10.4 Å². The van der Waals surface area contributed by atoms with Gasteiger partial charge in [-0.1, -0.05) is 11.6 Å². The van der Waals surface area contributed by atoms with E-state index in [0.717, 1.165) is 0 Å². The molecule has 1 aromatic rings. The van der Waals surface area contributed by atoms with Gasteiger partial charge >= 0.3 is 5.97 Å². The second-order valence-corrected chi connectivity index (χ2v) is 3.38. The van der Waals surface area contributed by atoms with Gasteiger partial charge in [0.2, 0.25) is 0 Å². The Morgan fingerprint density at radius 1 is 1.58 bits per heavy atom. The van der Waals surface area contributed by atoms with Crippen LogP contribution >= 0.6 is 27.5 Å². The van der Waals surface area contributed by atoms with E-state index in [0.29, 0.717) is 4.47 Å². The number of carbonyl (C=O) groups is 1. The van der Waals surface area contributed by atoms with Gasteiger partial charge < -0.3 is 10.8 Å². The van der Waals surface area contributed by atoms with Gasteiger partial charge in [-0.15, -0.1) is 0 Å². The summed E-state index contributed by atoms with van der Waals surface area (Å²) in [7, 11) is 0. The molecule has 3 N–H and O–H groups in total. The molecular formula is C7H5BrClNO2. The van der Waals surface area contributed by atoms with Crippen LogP contribution in [0.4, 0.5) is 5.69 Å². The average Bonchev–Trinajstić information content (AvgIpc) is 1.97. The van der Waals surface area contributed by atoms with Crippen LogP contribution < -0.4 is 5.73 Å². The first-order valence-electron chi connectivity index (χ1n) is 3.01. The fraction of sp³-hybridized carbons (Fsp3) is 0. The molecule has 0 fully saturated rings. The first kappa shape index (κ1) is 9.35. The van der Waals surface area contributed by atoms with E-state index in [9.17, 15) is 4.79 Å². The minimum absolute atomic E-state index is 0.00231. The molecule has 0 aliphatic heterocycles. The van der Waals surface area contributed by atoms with E-state index in [1.807, 2.05) is 0 Å². The summed E-state index contributed by atoms with van der Waals surface area (Å²) in [5, 5.41) is 8.95. The number of halogens is 2. The zero-order valence-electron chi connectivity index (χ0n) is 5.84. The molecule has 0 aliphatic rings. The fourth-order valence-corrected chi connectivity index (χ4v) is 1.46. The number of hydrogen-bond acceptors (Lipinski definition) is 2. The number of nitrogens with two attached hydrogens (primary N) is 1. The Balaban J connectivity index is 3.43. The predicted molar refractivity (Wildman–Crippen MR) is 50.5 cm³/mol. The largest absolute Gasteiger partial charge is 0.478 e. The number of hydrogen-bond donors (Lipinski definition) is 2. The maximum atomic E-state index is 10.6. The summed E-state index contributed by atoms with van der Waals surface area (Å²) in [4.78, 5) is 10.6. The summed E-state index contributed by atoms with van der Waals surface area (Å²) >= 11 is 8.68. The van der Waals surface area contributed by atoms with E-state index < -0.39 is 5.97 Å². The third kappa shape index (κ3) is 1.54. The maximum absolute atomic E-state index is 10.6. The molecule has 0 atom stereocenters. The highest BCUT2D eigenvalue weighted by atomic mass is 79.9. The van der Waals surface area contributed by atoms with Crippen LogP contribution in [0.3, 0.4) is 0 Å². The predicted octanol–water partition coefficient (Wildman–Crippen LogP) is 2.38. The molecule has 0 heterocycles. The minimum Gasteiger partial charge on any atom is -0.478 e. The molecule has 0 amide bonds. The van der Waals surface area contributed by atoms with Gasteiger partial charge in [0, 0.05) is 4.47 Å². The van der Waals surface area contributed by atoms with Crippen molar-refractivity contribution in [1.82, 2.24) is 0 Å².